The monoisotopic (exact) mass is 232 g/mol. The first-order chi connectivity index (χ1) is 7.02. The molecule has 0 aromatic heterocycles. The molecule has 0 aliphatic carbocycles. The lowest BCUT2D eigenvalue weighted by atomic mass is 10.2. The van der Waals surface area contributed by atoms with Crippen molar-refractivity contribution in [3.8, 4) is 0 Å². The second kappa shape index (κ2) is 5.09. The number of carbonyl (C=O) groups is 1. The van der Waals surface area contributed by atoms with Crippen LogP contribution in [0, 0.1) is 5.82 Å². The molecule has 0 fully saturated rings. The highest BCUT2D eigenvalue weighted by Gasteiger charge is 2.13. The van der Waals surface area contributed by atoms with E-state index in [1.807, 2.05) is 0 Å². The van der Waals surface area contributed by atoms with E-state index in [1.54, 1.807) is 0 Å². The Morgan fingerprint density at radius 3 is 2.87 bits per heavy atom. The van der Waals surface area contributed by atoms with E-state index < -0.39 is 17.9 Å². The van der Waals surface area contributed by atoms with E-state index in [9.17, 15) is 9.18 Å². The van der Waals surface area contributed by atoms with Crippen LogP contribution in [0.1, 0.15) is 12.5 Å². The van der Waals surface area contributed by atoms with E-state index >= 15 is 0 Å². The first-order valence-corrected chi connectivity index (χ1v) is 4.67. The molecular weight excluding hydrogens is 223 g/mol. The fourth-order valence-electron chi connectivity index (χ4n) is 0.950. The van der Waals surface area contributed by atoms with E-state index in [2.05, 4.69) is 0 Å². The molecule has 0 spiro atoms. The number of hydrogen-bond donors (Lipinski definition) is 1. The molecule has 1 aromatic carbocycles. The number of ether oxygens (including phenoxy) is 1. The quantitative estimate of drug-likeness (QED) is 0.868. The third kappa shape index (κ3) is 3.18. The normalized spacial score (nSPS) is 12.5. The Morgan fingerprint density at radius 2 is 2.33 bits per heavy atom. The highest BCUT2D eigenvalue weighted by atomic mass is 35.5. The Bertz CT molecular complexity index is 347. The SMILES string of the molecule is C[C@@H](OCc1c(F)cccc1Cl)C(=O)O. The minimum atomic E-state index is -1.09. The van der Waals surface area contributed by atoms with Gasteiger partial charge < -0.3 is 9.84 Å². The topological polar surface area (TPSA) is 46.5 Å². The number of aliphatic carboxylic acids is 1. The van der Waals surface area contributed by atoms with E-state index in [0.29, 0.717) is 0 Å². The van der Waals surface area contributed by atoms with Crippen LogP contribution in [0.5, 0.6) is 0 Å². The third-order valence-electron chi connectivity index (χ3n) is 1.89. The standard InChI is InChI=1S/C10H10ClFO3/c1-6(10(13)14)15-5-7-8(11)3-2-4-9(7)12/h2-4,6H,5H2,1H3,(H,13,14)/t6-/m1/s1. The number of benzene rings is 1. The molecule has 0 saturated heterocycles. The van der Waals surface area contributed by atoms with Crippen molar-refractivity contribution in [3.05, 3.63) is 34.6 Å². The summed E-state index contributed by atoms with van der Waals surface area (Å²) in [5.74, 6) is -1.59. The molecule has 1 atom stereocenters. The van der Waals surface area contributed by atoms with Crippen molar-refractivity contribution in [2.45, 2.75) is 19.6 Å². The Kier molecular flexibility index (Phi) is 4.05. The molecule has 0 heterocycles. The van der Waals surface area contributed by atoms with Gasteiger partial charge in [-0.25, -0.2) is 9.18 Å². The second-order valence-corrected chi connectivity index (χ2v) is 3.40. The summed E-state index contributed by atoms with van der Waals surface area (Å²) >= 11 is 5.73. The smallest absolute Gasteiger partial charge is 0.332 e. The predicted molar refractivity (Wildman–Crippen MR) is 53.3 cm³/mol. The number of hydrogen-bond acceptors (Lipinski definition) is 2. The molecular formula is C10H10ClFO3. The maximum absolute atomic E-state index is 13.2. The van der Waals surface area contributed by atoms with Crippen LogP contribution in [0.25, 0.3) is 0 Å². The molecule has 0 unspecified atom stereocenters. The average molecular weight is 233 g/mol. The lowest BCUT2D eigenvalue weighted by Gasteiger charge is -2.10. The van der Waals surface area contributed by atoms with Crippen molar-refractivity contribution in [1.82, 2.24) is 0 Å². The Morgan fingerprint density at radius 1 is 1.67 bits per heavy atom. The van der Waals surface area contributed by atoms with Gasteiger partial charge in [-0.2, -0.15) is 0 Å². The van der Waals surface area contributed by atoms with E-state index in [-0.39, 0.29) is 17.2 Å². The fourth-order valence-corrected chi connectivity index (χ4v) is 1.17. The molecule has 1 N–H and O–H groups in total. The van der Waals surface area contributed by atoms with Gasteiger partial charge in [0.25, 0.3) is 0 Å². The zero-order valence-corrected chi connectivity index (χ0v) is 8.79. The summed E-state index contributed by atoms with van der Waals surface area (Å²) in [5, 5.41) is 8.78. The zero-order chi connectivity index (χ0) is 11.4. The van der Waals surface area contributed by atoms with Crippen LogP contribution >= 0.6 is 11.6 Å². The highest BCUT2D eigenvalue weighted by Crippen LogP contribution is 2.20. The largest absolute Gasteiger partial charge is 0.479 e. The predicted octanol–water partition coefficient (Wildman–Crippen LogP) is 2.47. The highest BCUT2D eigenvalue weighted by molar-refractivity contribution is 6.31. The Balaban J connectivity index is 2.69. The molecule has 0 bridgehead atoms. The molecule has 0 amide bonds. The lowest BCUT2D eigenvalue weighted by molar-refractivity contribution is -0.149. The minimum Gasteiger partial charge on any atom is -0.479 e. The van der Waals surface area contributed by atoms with Crippen LogP contribution in [0.15, 0.2) is 18.2 Å². The molecule has 0 aliphatic heterocycles. The van der Waals surface area contributed by atoms with Crippen LogP contribution < -0.4 is 0 Å². The molecule has 15 heavy (non-hydrogen) atoms. The third-order valence-corrected chi connectivity index (χ3v) is 2.24. The fraction of sp³-hybridized carbons (Fsp3) is 0.300. The molecule has 0 radical (unpaired) electrons. The van der Waals surface area contributed by atoms with Gasteiger partial charge >= 0.3 is 5.97 Å². The van der Waals surface area contributed by atoms with Crippen molar-refractivity contribution in [2.24, 2.45) is 0 Å². The molecule has 0 aliphatic rings. The molecule has 1 aromatic rings. The Hall–Kier alpha value is -1.13. The summed E-state index contributed by atoms with van der Waals surface area (Å²) in [7, 11) is 0. The van der Waals surface area contributed by atoms with Crippen LogP contribution in [0.3, 0.4) is 0 Å². The van der Waals surface area contributed by atoms with Crippen LogP contribution in [0.4, 0.5) is 4.39 Å². The van der Waals surface area contributed by atoms with Gasteiger partial charge in [0.2, 0.25) is 0 Å². The summed E-state index contributed by atoms with van der Waals surface area (Å²) in [6, 6.07) is 4.24. The zero-order valence-electron chi connectivity index (χ0n) is 8.04. The summed E-state index contributed by atoms with van der Waals surface area (Å²) in [5.41, 5.74) is 0.173. The molecule has 5 heteroatoms. The van der Waals surface area contributed by atoms with Crippen molar-refractivity contribution in [2.75, 3.05) is 0 Å². The van der Waals surface area contributed by atoms with Gasteiger partial charge in [0.15, 0.2) is 6.10 Å². The van der Waals surface area contributed by atoms with Gasteiger partial charge in [-0.1, -0.05) is 17.7 Å². The van der Waals surface area contributed by atoms with E-state index in [0.717, 1.165) is 0 Å². The van der Waals surface area contributed by atoms with Gasteiger partial charge in [-0.05, 0) is 19.1 Å². The van der Waals surface area contributed by atoms with Gasteiger partial charge in [-0.15, -0.1) is 0 Å². The average Bonchev–Trinajstić information content (AvgIpc) is 2.16. The second-order valence-electron chi connectivity index (χ2n) is 2.99. The molecule has 0 saturated carbocycles. The first-order valence-electron chi connectivity index (χ1n) is 4.29. The maximum Gasteiger partial charge on any atom is 0.332 e. The summed E-state index contributed by atoms with van der Waals surface area (Å²) in [6.45, 7) is 1.22. The number of rotatable bonds is 4. The van der Waals surface area contributed by atoms with E-state index in [4.69, 9.17) is 21.4 Å². The van der Waals surface area contributed by atoms with Crippen molar-refractivity contribution in [1.29, 1.82) is 0 Å². The maximum atomic E-state index is 13.2. The number of carboxylic acid groups (broad SMARTS) is 1. The number of halogens is 2. The summed E-state index contributed by atoms with van der Waals surface area (Å²) < 4.78 is 18.1. The molecule has 1 rings (SSSR count). The van der Waals surface area contributed by atoms with Crippen LogP contribution in [0.2, 0.25) is 5.02 Å². The number of carboxylic acids is 1. The lowest BCUT2D eigenvalue weighted by Crippen LogP contribution is -2.19. The van der Waals surface area contributed by atoms with Crippen molar-refractivity contribution >= 4 is 17.6 Å². The van der Waals surface area contributed by atoms with Gasteiger partial charge in [0, 0.05) is 10.6 Å². The minimum absolute atomic E-state index is 0.154. The van der Waals surface area contributed by atoms with Crippen LogP contribution in [-0.2, 0) is 16.1 Å². The van der Waals surface area contributed by atoms with Gasteiger partial charge in [0.05, 0.1) is 6.61 Å². The van der Waals surface area contributed by atoms with Gasteiger partial charge in [-0.3, -0.25) is 0 Å². The van der Waals surface area contributed by atoms with E-state index in [1.165, 1.54) is 25.1 Å². The molecule has 3 nitrogen and oxygen atoms in total. The van der Waals surface area contributed by atoms with Crippen LogP contribution in [-0.4, -0.2) is 17.2 Å². The van der Waals surface area contributed by atoms with Gasteiger partial charge in [0.1, 0.15) is 5.82 Å². The first kappa shape index (κ1) is 11.9. The van der Waals surface area contributed by atoms with Crippen molar-refractivity contribution in [3.63, 3.8) is 0 Å². The summed E-state index contributed by atoms with van der Waals surface area (Å²) in [4.78, 5) is 10.4. The Labute approximate surface area is 91.4 Å². The molecule has 82 valence electrons. The van der Waals surface area contributed by atoms with Crippen molar-refractivity contribution < 1.29 is 19.0 Å². The summed E-state index contributed by atoms with van der Waals surface area (Å²) in [6.07, 6.45) is -0.985.